The molecule has 1 aromatic heterocycles. The summed E-state index contributed by atoms with van der Waals surface area (Å²) in [7, 11) is -1.72. The maximum atomic E-state index is 13.3. The quantitative estimate of drug-likeness (QED) is 0.482. The van der Waals surface area contributed by atoms with E-state index < -0.39 is 10.0 Å². The van der Waals surface area contributed by atoms with Crippen LogP contribution in [-0.2, 0) is 10.0 Å². The number of benzene rings is 2. The van der Waals surface area contributed by atoms with E-state index in [0.717, 1.165) is 49.0 Å². The number of hydrogen-bond acceptors (Lipinski definition) is 5. The zero-order valence-electron chi connectivity index (χ0n) is 19.5. The number of thiazole rings is 1. The molecule has 1 amide bonds. The molecule has 180 valence electrons. The lowest BCUT2D eigenvalue weighted by atomic mass is 9.94. The van der Waals surface area contributed by atoms with Crippen molar-refractivity contribution in [3.8, 4) is 0 Å². The number of fused-ring (bicyclic) bond motifs is 1. The molecule has 0 radical (unpaired) electrons. The van der Waals surface area contributed by atoms with Crippen LogP contribution in [0.3, 0.4) is 0 Å². The van der Waals surface area contributed by atoms with Gasteiger partial charge in [-0.25, -0.2) is 13.4 Å². The van der Waals surface area contributed by atoms with Crippen LogP contribution in [-0.4, -0.2) is 54.7 Å². The van der Waals surface area contributed by atoms with E-state index in [-0.39, 0.29) is 16.8 Å². The molecule has 0 atom stereocenters. The zero-order chi connectivity index (χ0) is 23.7. The Morgan fingerprint density at radius 2 is 1.65 bits per heavy atom. The van der Waals surface area contributed by atoms with Gasteiger partial charge in [-0.1, -0.05) is 31.4 Å². The summed E-state index contributed by atoms with van der Waals surface area (Å²) >= 11 is 1.71. The molecular formula is C26H31N3O3S2. The molecule has 0 N–H and O–H groups in total. The smallest absolute Gasteiger partial charge is 0.253 e. The minimum atomic E-state index is -3.58. The van der Waals surface area contributed by atoms with Gasteiger partial charge in [-0.15, -0.1) is 11.3 Å². The van der Waals surface area contributed by atoms with Crippen molar-refractivity contribution in [3.63, 3.8) is 0 Å². The minimum Gasteiger partial charge on any atom is -0.339 e. The third-order valence-electron chi connectivity index (χ3n) is 7.30. The van der Waals surface area contributed by atoms with Crippen molar-refractivity contribution in [2.24, 2.45) is 0 Å². The Labute approximate surface area is 205 Å². The first kappa shape index (κ1) is 23.5. The summed E-state index contributed by atoms with van der Waals surface area (Å²) in [6.45, 7) is 0.960. The van der Waals surface area contributed by atoms with E-state index in [2.05, 4.69) is 6.07 Å². The van der Waals surface area contributed by atoms with Crippen molar-refractivity contribution in [1.29, 1.82) is 0 Å². The summed E-state index contributed by atoms with van der Waals surface area (Å²) in [5.74, 6) is 0.256. The Kier molecular flexibility index (Phi) is 6.73. The monoisotopic (exact) mass is 497 g/mol. The fourth-order valence-corrected chi connectivity index (χ4v) is 7.77. The average Bonchev–Trinajstić information content (AvgIpc) is 3.33. The third kappa shape index (κ3) is 4.63. The van der Waals surface area contributed by atoms with Gasteiger partial charge in [0.2, 0.25) is 10.0 Å². The molecule has 0 unspecified atom stereocenters. The Morgan fingerprint density at radius 3 is 2.32 bits per heavy atom. The van der Waals surface area contributed by atoms with Crippen molar-refractivity contribution in [2.45, 2.75) is 61.8 Å². The van der Waals surface area contributed by atoms with Gasteiger partial charge in [0.25, 0.3) is 5.91 Å². The Balaban J connectivity index is 1.23. The highest BCUT2D eigenvalue weighted by Crippen LogP contribution is 2.35. The number of amides is 1. The predicted octanol–water partition coefficient (Wildman–Crippen LogP) is 5.27. The van der Waals surface area contributed by atoms with Crippen LogP contribution in [0.15, 0.2) is 53.4 Å². The van der Waals surface area contributed by atoms with Crippen LogP contribution in [0.2, 0.25) is 0 Å². The number of carbonyl (C=O) groups is 1. The highest BCUT2D eigenvalue weighted by molar-refractivity contribution is 7.89. The van der Waals surface area contributed by atoms with E-state index in [1.807, 2.05) is 30.1 Å². The van der Waals surface area contributed by atoms with Gasteiger partial charge < -0.3 is 4.90 Å². The summed E-state index contributed by atoms with van der Waals surface area (Å²) in [6, 6.07) is 14.9. The van der Waals surface area contributed by atoms with Gasteiger partial charge in [-0.2, -0.15) is 4.31 Å². The number of sulfonamides is 1. The molecule has 0 spiro atoms. The van der Waals surface area contributed by atoms with Gasteiger partial charge in [-0.3, -0.25) is 4.79 Å². The maximum absolute atomic E-state index is 13.3. The van der Waals surface area contributed by atoms with E-state index in [1.165, 1.54) is 11.1 Å². The number of nitrogens with zero attached hydrogens (tertiary/aromatic N) is 3. The lowest BCUT2D eigenvalue weighted by Crippen LogP contribution is -2.38. The zero-order valence-corrected chi connectivity index (χ0v) is 21.2. The molecule has 0 bridgehead atoms. The van der Waals surface area contributed by atoms with Crippen LogP contribution >= 0.6 is 11.3 Å². The van der Waals surface area contributed by atoms with Crippen molar-refractivity contribution < 1.29 is 13.2 Å². The van der Waals surface area contributed by atoms with Crippen molar-refractivity contribution in [1.82, 2.24) is 14.2 Å². The number of hydrogen-bond donors (Lipinski definition) is 0. The van der Waals surface area contributed by atoms with E-state index >= 15 is 0 Å². The minimum absolute atomic E-state index is 0.0347. The topological polar surface area (TPSA) is 70.6 Å². The molecule has 1 saturated carbocycles. The van der Waals surface area contributed by atoms with Crippen molar-refractivity contribution in [2.75, 3.05) is 20.1 Å². The normalized spacial score (nSPS) is 18.9. The molecule has 2 aromatic carbocycles. The molecule has 2 fully saturated rings. The fourth-order valence-electron chi connectivity index (χ4n) is 5.16. The third-order valence-corrected chi connectivity index (χ3v) is 10.4. The molecule has 34 heavy (non-hydrogen) atoms. The van der Waals surface area contributed by atoms with E-state index in [0.29, 0.717) is 24.6 Å². The van der Waals surface area contributed by atoms with Gasteiger partial charge >= 0.3 is 0 Å². The fraction of sp³-hybridized carbons (Fsp3) is 0.462. The summed E-state index contributed by atoms with van der Waals surface area (Å²) < 4.78 is 29.3. The molecule has 1 saturated heterocycles. The van der Waals surface area contributed by atoms with Gasteiger partial charge in [0, 0.05) is 37.7 Å². The molecule has 5 rings (SSSR count). The van der Waals surface area contributed by atoms with E-state index in [4.69, 9.17) is 4.98 Å². The van der Waals surface area contributed by atoms with Crippen LogP contribution in [0.4, 0.5) is 0 Å². The Bertz CT molecular complexity index is 1220. The first-order valence-electron chi connectivity index (χ1n) is 12.2. The molecule has 2 aliphatic rings. The standard InChI is InChI=1S/C26H31N3O3S2/c1-28(21-7-3-2-4-8-21)26(30)20-11-13-22(14-12-20)34(31,32)29-17-15-19(16-18-29)25-27-23-9-5-6-10-24(23)33-25/h5-6,9-14,19,21H,2-4,7-8,15-18H2,1H3. The van der Waals surface area contributed by atoms with Gasteiger partial charge in [0.05, 0.1) is 20.1 Å². The average molecular weight is 498 g/mol. The Hall–Kier alpha value is -2.29. The largest absolute Gasteiger partial charge is 0.339 e. The van der Waals surface area contributed by atoms with Crippen LogP contribution in [0.25, 0.3) is 10.2 Å². The number of piperidine rings is 1. The van der Waals surface area contributed by atoms with Gasteiger partial charge in [-0.05, 0) is 62.1 Å². The highest BCUT2D eigenvalue weighted by Gasteiger charge is 2.31. The SMILES string of the molecule is CN(C(=O)c1ccc(S(=O)(=O)N2CCC(c3nc4ccccc4s3)CC2)cc1)C1CCCCC1. The number of para-hydroxylation sites is 1. The summed E-state index contributed by atoms with van der Waals surface area (Å²) in [4.78, 5) is 19.8. The lowest BCUT2D eigenvalue weighted by molar-refractivity contribution is 0.0696. The number of rotatable bonds is 5. The van der Waals surface area contributed by atoms with E-state index in [1.54, 1.807) is 39.9 Å². The summed E-state index contributed by atoms with van der Waals surface area (Å²) in [5.41, 5.74) is 1.56. The first-order chi connectivity index (χ1) is 16.4. The molecule has 8 heteroatoms. The number of carbonyl (C=O) groups excluding carboxylic acids is 1. The first-order valence-corrected chi connectivity index (χ1v) is 14.4. The molecule has 3 aromatic rings. The number of aromatic nitrogens is 1. The second kappa shape index (κ2) is 9.76. The predicted molar refractivity (Wildman–Crippen MR) is 136 cm³/mol. The van der Waals surface area contributed by atoms with Gasteiger partial charge in [0.15, 0.2) is 0 Å². The molecule has 1 aliphatic heterocycles. The van der Waals surface area contributed by atoms with Gasteiger partial charge in [0.1, 0.15) is 0 Å². The maximum Gasteiger partial charge on any atom is 0.253 e. The molecule has 2 heterocycles. The highest BCUT2D eigenvalue weighted by atomic mass is 32.2. The van der Waals surface area contributed by atoms with Crippen LogP contribution < -0.4 is 0 Å². The van der Waals surface area contributed by atoms with Crippen LogP contribution in [0.5, 0.6) is 0 Å². The summed E-state index contributed by atoms with van der Waals surface area (Å²) in [6.07, 6.45) is 7.18. The molecule has 6 nitrogen and oxygen atoms in total. The summed E-state index contributed by atoms with van der Waals surface area (Å²) in [5, 5.41) is 1.10. The van der Waals surface area contributed by atoms with Crippen molar-refractivity contribution >= 4 is 37.5 Å². The second-order valence-corrected chi connectivity index (χ2v) is 12.4. The Morgan fingerprint density at radius 1 is 0.971 bits per heavy atom. The van der Waals surface area contributed by atoms with Crippen LogP contribution in [0.1, 0.15) is 66.2 Å². The van der Waals surface area contributed by atoms with E-state index in [9.17, 15) is 13.2 Å². The van der Waals surface area contributed by atoms with Crippen LogP contribution in [0, 0.1) is 0 Å². The lowest BCUT2D eigenvalue weighted by Gasteiger charge is -2.31. The molecule has 1 aliphatic carbocycles. The second-order valence-electron chi connectivity index (χ2n) is 9.43. The molecular weight excluding hydrogens is 466 g/mol. The van der Waals surface area contributed by atoms with Crippen molar-refractivity contribution in [3.05, 3.63) is 59.1 Å².